The van der Waals surface area contributed by atoms with Gasteiger partial charge in [-0.25, -0.2) is 0 Å². The number of hydrogen-bond acceptors (Lipinski definition) is 2. The molecular formula is C12H13BrO2. The molecule has 0 unspecified atom stereocenters. The molecule has 0 bridgehead atoms. The third-order valence-electron chi connectivity index (χ3n) is 2.71. The number of rotatable bonds is 3. The molecule has 0 spiro atoms. The Morgan fingerprint density at radius 2 is 2.20 bits per heavy atom. The second-order valence-corrected chi connectivity index (χ2v) is 5.17. The zero-order chi connectivity index (χ0) is 10.9. The van der Waals surface area contributed by atoms with E-state index in [-0.39, 0.29) is 11.9 Å². The summed E-state index contributed by atoms with van der Waals surface area (Å²) in [4.78, 5) is 11.6. The monoisotopic (exact) mass is 268 g/mol. The van der Waals surface area contributed by atoms with Gasteiger partial charge in [0.2, 0.25) is 0 Å². The largest absolute Gasteiger partial charge is 0.465 e. The zero-order valence-corrected chi connectivity index (χ0v) is 10.2. The summed E-state index contributed by atoms with van der Waals surface area (Å²) in [5.74, 6) is 0.122. The van der Waals surface area contributed by atoms with E-state index >= 15 is 0 Å². The Bertz CT molecular complexity index is 363. The minimum absolute atomic E-state index is 0.140. The van der Waals surface area contributed by atoms with Gasteiger partial charge in [0, 0.05) is 5.92 Å². The van der Waals surface area contributed by atoms with Crippen molar-refractivity contribution >= 4 is 21.9 Å². The van der Waals surface area contributed by atoms with Crippen molar-refractivity contribution in [3.05, 3.63) is 35.9 Å². The van der Waals surface area contributed by atoms with Crippen molar-refractivity contribution in [1.29, 1.82) is 0 Å². The molecule has 0 N–H and O–H groups in total. The average molecular weight is 269 g/mol. The Balaban J connectivity index is 2.09. The van der Waals surface area contributed by atoms with Crippen molar-refractivity contribution in [3.63, 3.8) is 0 Å². The fourth-order valence-corrected chi connectivity index (χ4v) is 2.48. The highest BCUT2D eigenvalue weighted by molar-refractivity contribution is 9.10. The van der Waals surface area contributed by atoms with E-state index in [4.69, 9.17) is 4.74 Å². The van der Waals surface area contributed by atoms with E-state index in [1.165, 1.54) is 5.56 Å². The van der Waals surface area contributed by atoms with Gasteiger partial charge in [-0.2, -0.15) is 0 Å². The first-order valence-corrected chi connectivity index (χ1v) is 5.89. The van der Waals surface area contributed by atoms with Crippen LogP contribution in [-0.2, 0) is 9.53 Å². The van der Waals surface area contributed by atoms with Gasteiger partial charge in [-0.1, -0.05) is 46.3 Å². The molecule has 0 aliphatic heterocycles. The summed E-state index contributed by atoms with van der Waals surface area (Å²) in [6, 6.07) is 10.1. The predicted molar refractivity (Wildman–Crippen MR) is 62.1 cm³/mol. The van der Waals surface area contributed by atoms with E-state index in [9.17, 15) is 4.79 Å². The van der Waals surface area contributed by atoms with Crippen LogP contribution in [0.1, 0.15) is 24.8 Å². The molecular weight excluding hydrogens is 256 g/mol. The highest BCUT2D eigenvalue weighted by Crippen LogP contribution is 2.58. The van der Waals surface area contributed by atoms with Crippen molar-refractivity contribution in [2.75, 3.05) is 6.61 Å². The SMILES string of the molecule is CCOC(=O)[C@]1(Br)C[C@H]1c1ccccc1. The second-order valence-electron chi connectivity index (χ2n) is 3.75. The third kappa shape index (κ3) is 1.93. The highest BCUT2D eigenvalue weighted by atomic mass is 79.9. The van der Waals surface area contributed by atoms with Gasteiger partial charge in [0.25, 0.3) is 0 Å². The summed E-state index contributed by atoms with van der Waals surface area (Å²) in [6.07, 6.45) is 0.829. The number of hydrogen-bond donors (Lipinski definition) is 0. The summed E-state index contributed by atoms with van der Waals surface area (Å²) in [6.45, 7) is 2.27. The van der Waals surface area contributed by atoms with Crippen molar-refractivity contribution in [2.45, 2.75) is 23.6 Å². The van der Waals surface area contributed by atoms with Crippen molar-refractivity contribution in [1.82, 2.24) is 0 Å². The van der Waals surface area contributed by atoms with Crippen LogP contribution < -0.4 is 0 Å². The number of esters is 1. The summed E-state index contributed by atoms with van der Waals surface area (Å²) in [7, 11) is 0. The number of carbonyl (C=O) groups is 1. The molecule has 0 amide bonds. The Morgan fingerprint density at radius 3 is 2.80 bits per heavy atom. The standard InChI is InChI=1S/C12H13BrO2/c1-2-15-11(14)12(13)8-10(12)9-6-4-3-5-7-9/h3-7,10H,2,8H2,1H3/t10-,12-/m0/s1. The van der Waals surface area contributed by atoms with Crippen LogP contribution in [0.3, 0.4) is 0 Å². The lowest BCUT2D eigenvalue weighted by Crippen LogP contribution is -2.20. The molecule has 1 aliphatic carbocycles. The average Bonchev–Trinajstić information content (AvgIpc) is 2.94. The van der Waals surface area contributed by atoms with Crippen LogP contribution in [0.2, 0.25) is 0 Å². The Morgan fingerprint density at radius 1 is 1.53 bits per heavy atom. The molecule has 80 valence electrons. The first kappa shape index (κ1) is 10.7. The molecule has 2 nitrogen and oxygen atoms in total. The quantitative estimate of drug-likeness (QED) is 0.623. The Kier molecular flexibility index (Phi) is 2.83. The number of alkyl halides is 1. The summed E-state index contributed by atoms with van der Waals surface area (Å²) < 4.78 is 4.57. The van der Waals surface area contributed by atoms with Gasteiger partial charge in [-0.3, -0.25) is 4.79 Å². The molecule has 1 fully saturated rings. The predicted octanol–water partition coefficient (Wildman–Crippen LogP) is 2.87. The van der Waals surface area contributed by atoms with Crippen LogP contribution in [-0.4, -0.2) is 16.9 Å². The normalized spacial score (nSPS) is 28.5. The molecule has 0 saturated heterocycles. The summed E-state index contributed by atoms with van der Waals surface area (Å²) in [5.41, 5.74) is 1.20. The highest BCUT2D eigenvalue weighted by Gasteiger charge is 2.60. The molecule has 2 atom stereocenters. The van der Waals surface area contributed by atoms with Gasteiger partial charge in [-0.05, 0) is 18.9 Å². The maximum absolute atomic E-state index is 11.6. The van der Waals surface area contributed by atoms with Gasteiger partial charge in [0.15, 0.2) is 0 Å². The third-order valence-corrected chi connectivity index (χ3v) is 3.91. The molecule has 1 aromatic carbocycles. The van der Waals surface area contributed by atoms with Crippen LogP contribution in [0.15, 0.2) is 30.3 Å². The molecule has 0 heterocycles. The molecule has 1 aliphatic rings. The van der Waals surface area contributed by atoms with Gasteiger partial charge >= 0.3 is 5.97 Å². The van der Waals surface area contributed by atoms with E-state index in [0.29, 0.717) is 6.61 Å². The molecule has 15 heavy (non-hydrogen) atoms. The number of carbonyl (C=O) groups excluding carboxylic acids is 1. The molecule has 0 aromatic heterocycles. The van der Waals surface area contributed by atoms with Crippen LogP contribution in [0.5, 0.6) is 0 Å². The van der Waals surface area contributed by atoms with Gasteiger partial charge in [-0.15, -0.1) is 0 Å². The summed E-state index contributed by atoms with van der Waals surface area (Å²) >= 11 is 3.48. The fraction of sp³-hybridized carbons (Fsp3) is 0.417. The molecule has 1 aromatic rings. The lowest BCUT2D eigenvalue weighted by molar-refractivity contribution is -0.143. The van der Waals surface area contributed by atoms with Crippen molar-refractivity contribution in [3.8, 4) is 0 Å². The zero-order valence-electron chi connectivity index (χ0n) is 8.57. The number of halogens is 1. The Hall–Kier alpha value is -0.830. The fourth-order valence-electron chi connectivity index (χ4n) is 1.78. The maximum Gasteiger partial charge on any atom is 0.323 e. The van der Waals surface area contributed by atoms with Crippen LogP contribution in [0.25, 0.3) is 0 Å². The van der Waals surface area contributed by atoms with E-state index < -0.39 is 4.32 Å². The first-order valence-electron chi connectivity index (χ1n) is 5.09. The molecule has 2 rings (SSSR count). The minimum atomic E-state index is -0.468. The topological polar surface area (TPSA) is 26.3 Å². The van der Waals surface area contributed by atoms with Gasteiger partial charge in [0.05, 0.1) is 6.61 Å². The maximum atomic E-state index is 11.6. The van der Waals surface area contributed by atoms with Crippen LogP contribution in [0.4, 0.5) is 0 Å². The van der Waals surface area contributed by atoms with Gasteiger partial charge in [0.1, 0.15) is 4.32 Å². The van der Waals surface area contributed by atoms with E-state index in [2.05, 4.69) is 15.9 Å². The molecule has 3 heteroatoms. The summed E-state index contributed by atoms with van der Waals surface area (Å²) in [5, 5.41) is 0. The smallest absolute Gasteiger partial charge is 0.323 e. The molecule has 0 radical (unpaired) electrons. The van der Waals surface area contributed by atoms with E-state index in [1.54, 1.807) is 0 Å². The first-order chi connectivity index (χ1) is 7.18. The van der Waals surface area contributed by atoms with Crippen LogP contribution >= 0.6 is 15.9 Å². The minimum Gasteiger partial charge on any atom is -0.465 e. The van der Waals surface area contributed by atoms with Crippen molar-refractivity contribution < 1.29 is 9.53 Å². The Labute approximate surface area is 97.8 Å². The van der Waals surface area contributed by atoms with Crippen LogP contribution in [0, 0.1) is 0 Å². The van der Waals surface area contributed by atoms with E-state index in [0.717, 1.165) is 6.42 Å². The number of benzene rings is 1. The van der Waals surface area contributed by atoms with Crippen molar-refractivity contribution in [2.24, 2.45) is 0 Å². The second kappa shape index (κ2) is 3.97. The van der Waals surface area contributed by atoms with E-state index in [1.807, 2.05) is 37.3 Å². The lowest BCUT2D eigenvalue weighted by Gasteiger charge is -2.08. The van der Waals surface area contributed by atoms with Gasteiger partial charge < -0.3 is 4.74 Å². The molecule has 1 saturated carbocycles. The lowest BCUT2D eigenvalue weighted by atomic mass is 10.1. The number of ether oxygens (including phenoxy) is 1.